The molecule has 16 nitrogen and oxygen atoms in total. The number of esters is 2. The van der Waals surface area contributed by atoms with Gasteiger partial charge < -0.3 is 41.2 Å². The van der Waals surface area contributed by atoms with Gasteiger partial charge in [0.1, 0.15) is 30.8 Å². The van der Waals surface area contributed by atoms with Gasteiger partial charge in [0, 0.05) is 31.4 Å². The molecule has 74 heavy (non-hydrogen) atoms. The summed E-state index contributed by atoms with van der Waals surface area (Å²) < 4.78 is 11.6. The highest BCUT2D eigenvalue weighted by molar-refractivity contribution is 7.80. The van der Waals surface area contributed by atoms with Crippen molar-refractivity contribution in [2.45, 2.75) is 296 Å². The van der Waals surface area contributed by atoms with Crippen LogP contribution in [0.1, 0.15) is 266 Å². The average molecular weight is 1070 g/mol. The van der Waals surface area contributed by atoms with Crippen molar-refractivity contribution < 1.29 is 52.9 Å². The molecule has 0 saturated carbocycles. The normalized spacial score (nSPS) is 13.2. The van der Waals surface area contributed by atoms with Gasteiger partial charge in [-0.05, 0) is 39.5 Å². The van der Waals surface area contributed by atoms with E-state index in [2.05, 4.69) is 49.4 Å². The monoisotopic (exact) mass is 1070 g/mol. The molecule has 0 aromatic heterocycles. The number of ether oxygens (including phenoxy) is 2. The van der Waals surface area contributed by atoms with Crippen LogP contribution in [-0.2, 0) is 47.8 Å². The summed E-state index contributed by atoms with van der Waals surface area (Å²) in [5.41, 5.74) is 5.41. The number of carbonyl (C=O) groups is 8. The van der Waals surface area contributed by atoms with Crippen LogP contribution in [0.4, 0.5) is 0 Å². The van der Waals surface area contributed by atoms with Gasteiger partial charge in [-0.1, -0.05) is 201 Å². The Morgan fingerprint density at radius 2 is 0.919 bits per heavy atom. The third-order valence-corrected chi connectivity index (χ3v) is 14.0. The molecule has 5 amide bonds. The van der Waals surface area contributed by atoms with Crippen LogP contribution in [0.2, 0.25) is 0 Å². The summed E-state index contributed by atoms with van der Waals surface area (Å²) in [5.74, 6) is -6.01. The maximum atomic E-state index is 14.6. The molecule has 0 aromatic carbocycles. The number of amides is 5. The summed E-state index contributed by atoms with van der Waals surface area (Å²) in [5, 5.41) is 16.8. The molecule has 0 fully saturated rings. The molecular formula is C57H105N5O11S. The lowest BCUT2D eigenvalue weighted by Gasteiger charge is -2.34. The summed E-state index contributed by atoms with van der Waals surface area (Å²) in [6.45, 7) is 8.57. The van der Waals surface area contributed by atoms with Crippen molar-refractivity contribution in [2.24, 2.45) is 5.73 Å². The fourth-order valence-electron chi connectivity index (χ4n) is 8.79. The predicted octanol–water partition coefficient (Wildman–Crippen LogP) is 10.7. The molecule has 0 rings (SSSR count). The number of nitrogens with zero attached hydrogens (tertiary/aromatic N) is 1. The highest BCUT2D eigenvalue weighted by Gasteiger charge is 2.36. The Bertz CT molecular complexity index is 1540. The second-order valence-corrected chi connectivity index (χ2v) is 20.9. The topological polar surface area (TPSA) is 241 Å². The summed E-state index contributed by atoms with van der Waals surface area (Å²) in [6, 6.07) is -5.13. The molecule has 0 saturated heterocycles. The van der Waals surface area contributed by atoms with Gasteiger partial charge >= 0.3 is 17.9 Å². The van der Waals surface area contributed by atoms with Gasteiger partial charge in [-0.2, -0.15) is 12.6 Å². The summed E-state index contributed by atoms with van der Waals surface area (Å²) >= 11 is 4.42. The van der Waals surface area contributed by atoms with Crippen LogP contribution in [0.15, 0.2) is 0 Å². The first-order valence-corrected chi connectivity index (χ1v) is 29.9. The second kappa shape index (κ2) is 47.6. The molecule has 5 atom stereocenters. The first-order valence-electron chi connectivity index (χ1n) is 29.3. The molecule has 0 aliphatic carbocycles. The molecule has 6 N–H and O–H groups in total. The number of rotatable bonds is 51. The molecule has 0 unspecified atom stereocenters. The van der Waals surface area contributed by atoms with Crippen LogP contribution in [0, 0.1) is 0 Å². The fraction of sp³-hybridized carbons (Fsp3) is 0.860. The number of primary amides is 1. The van der Waals surface area contributed by atoms with Gasteiger partial charge in [-0.3, -0.25) is 38.4 Å². The molecule has 0 aromatic rings. The minimum atomic E-state index is -1.34. The number of thiol groups is 1. The van der Waals surface area contributed by atoms with Gasteiger partial charge in [-0.25, -0.2) is 0 Å². The van der Waals surface area contributed by atoms with Gasteiger partial charge in [0.25, 0.3) is 0 Å². The Morgan fingerprint density at radius 3 is 1.32 bits per heavy atom. The quantitative estimate of drug-likeness (QED) is 0.0190. The third-order valence-electron chi connectivity index (χ3n) is 13.6. The molecule has 0 aliphatic heterocycles. The number of nitrogens with one attached hydrogen (secondary N) is 3. The van der Waals surface area contributed by atoms with Crippen LogP contribution in [0.3, 0.4) is 0 Å². The Hall–Kier alpha value is -3.89. The number of aliphatic carboxylic acids is 1. The van der Waals surface area contributed by atoms with Crippen molar-refractivity contribution in [3.63, 3.8) is 0 Å². The van der Waals surface area contributed by atoms with E-state index in [1.54, 1.807) is 0 Å². The fourth-order valence-corrected chi connectivity index (χ4v) is 9.04. The first kappa shape index (κ1) is 70.1. The highest BCUT2D eigenvalue weighted by Crippen LogP contribution is 2.17. The number of carbonyl (C=O) groups excluding carboxylic acids is 7. The van der Waals surface area contributed by atoms with Crippen LogP contribution >= 0.6 is 12.6 Å². The maximum absolute atomic E-state index is 14.6. The van der Waals surface area contributed by atoms with Crippen molar-refractivity contribution in [1.82, 2.24) is 20.9 Å². The molecule has 0 spiro atoms. The largest absolute Gasteiger partial charge is 0.481 e. The first-order chi connectivity index (χ1) is 35.6. The summed E-state index contributed by atoms with van der Waals surface area (Å²) in [6.07, 6.45) is 32.6. The predicted molar refractivity (Wildman–Crippen MR) is 297 cm³/mol. The number of hydrogen-bond donors (Lipinski definition) is 6. The van der Waals surface area contributed by atoms with Crippen molar-refractivity contribution in [1.29, 1.82) is 0 Å². The Kier molecular flexibility index (Phi) is 45.1. The van der Waals surface area contributed by atoms with Gasteiger partial charge in [0.05, 0.1) is 6.54 Å². The van der Waals surface area contributed by atoms with Crippen LogP contribution in [-0.4, -0.2) is 107 Å². The van der Waals surface area contributed by atoms with Gasteiger partial charge in [0.15, 0.2) is 6.10 Å². The lowest BCUT2D eigenvalue weighted by Crippen LogP contribution is -2.59. The van der Waals surface area contributed by atoms with E-state index >= 15 is 0 Å². The van der Waals surface area contributed by atoms with E-state index in [-0.39, 0.29) is 37.3 Å². The second-order valence-electron chi connectivity index (χ2n) is 20.5. The standard InChI is InChI=1S/C57H105N5O11S/c1-6-9-12-15-18-21-22-23-24-27-28-31-34-37-50(63)60-49(44-74)57(71)62(46(5)56(70)59-45(4)55(69)61-48(54(58)68)40-41-51(64)65)42-47(73-53(67)39-36-33-30-26-20-17-14-11-8-3)43-72-52(66)38-35-32-29-25-19-16-13-10-7-2/h45-49,74H,6-44H2,1-5H3,(H2,58,68)(H,59,70)(H,60,63)(H,61,69)(H,64,65)/t45-,46+,47+,48+,49-/m0/s1. The third kappa shape index (κ3) is 38.6. The Balaban J connectivity index is 6.17. The smallest absolute Gasteiger partial charge is 0.306 e. The van der Waals surface area contributed by atoms with E-state index < -0.39 is 91.4 Å². The van der Waals surface area contributed by atoms with E-state index in [4.69, 9.17) is 20.3 Å². The molecular weight excluding hydrogens is 963 g/mol. The highest BCUT2D eigenvalue weighted by atomic mass is 32.1. The van der Waals surface area contributed by atoms with E-state index in [9.17, 15) is 38.4 Å². The molecule has 0 heterocycles. The molecule has 0 aliphatic rings. The van der Waals surface area contributed by atoms with E-state index in [0.29, 0.717) is 19.3 Å². The number of carboxylic acid groups (broad SMARTS) is 1. The van der Waals surface area contributed by atoms with E-state index in [1.165, 1.54) is 117 Å². The minimum Gasteiger partial charge on any atom is -0.481 e. The average Bonchev–Trinajstić information content (AvgIpc) is 3.37. The molecule has 17 heteroatoms. The number of nitrogens with two attached hydrogens (primary N) is 1. The van der Waals surface area contributed by atoms with E-state index in [0.717, 1.165) is 81.9 Å². The number of unbranched alkanes of at least 4 members (excludes halogenated alkanes) is 28. The zero-order valence-corrected chi connectivity index (χ0v) is 47.9. The Labute approximate surface area is 452 Å². The van der Waals surface area contributed by atoms with Crippen molar-refractivity contribution in [2.75, 3.05) is 18.9 Å². The molecule has 430 valence electrons. The lowest BCUT2D eigenvalue weighted by atomic mass is 10.0. The van der Waals surface area contributed by atoms with Crippen molar-refractivity contribution in [3.8, 4) is 0 Å². The zero-order valence-electron chi connectivity index (χ0n) is 47.0. The van der Waals surface area contributed by atoms with Crippen LogP contribution in [0.25, 0.3) is 0 Å². The van der Waals surface area contributed by atoms with Crippen LogP contribution < -0.4 is 21.7 Å². The van der Waals surface area contributed by atoms with Crippen LogP contribution in [0.5, 0.6) is 0 Å². The van der Waals surface area contributed by atoms with Gasteiger partial charge in [0.2, 0.25) is 29.5 Å². The number of carboxylic acids is 1. The molecule has 0 bridgehead atoms. The van der Waals surface area contributed by atoms with E-state index in [1.807, 2.05) is 0 Å². The maximum Gasteiger partial charge on any atom is 0.306 e. The van der Waals surface area contributed by atoms with Crippen molar-refractivity contribution >= 4 is 60.1 Å². The molecule has 0 radical (unpaired) electrons. The minimum absolute atomic E-state index is 0.0998. The number of hydrogen-bond acceptors (Lipinski definition) is 11. The summed E-state index contributed by atoms with van der Waals surface area (Å²) in [4.78, 5) is 106. The zero-order chi connectivity index (χ0) is 55.2. The van der Waals surface area contributed by atoms with Gasteiger partial charge in [-0.15, -0.1) is 0 Å². The SMILES string of the molecule is CCCCCCCCCCCCCCCC(=O)N[C@@H](CS)C(=O)N(C[C@H](COC(=O)CCCCCCCCCCC)OC(=O)CCCCCCCCCCC)[C@H](C)C(=O)N[C@@H](C)C(=O)N[C@H](CCC(=O)O)C(N)=O. The summed E-state index contributed by atoms with van der Waals surface area (Å²) in [7, 11) is 0. The van der Waals surface area contributed by atoms with Crippen molar-refractivity contribution in [3.05, 3.63) is 0 Å². The Morgan fingerprint density at radius 1 is 0.514 bits per heavy atom. The lowest BCUT2D eigenvalue weighted by molar-refractivity contribution is -0.163.